The molecule has 0 saturated carbocycles. The van der Waals surface area contributed by atoms with Gasteiger partial charge >= 0.3 is 0 Å². The minimum atomic E-state index is -0.410. The average Bonchev–Trinajstić information content (AvgIpc) is 3.01. The number of pyridine rings is 1. The van der Waals surface area contributed by atoms with E-state index in [2.05, 4.69) is 10.3 Å². The molecule has 3 rings (SSSR count). The molecule has 1 saturated heterocycles. The Bertz CT molecular complexity index is 749. The van der Waals surface area contributed by atoms with E-state index in [0.717, 1.165) is 5.75 Å². The predicted octanol–water partition coefficient (Wildman–Crippen LogP) is 2.64. The quantitative estimate of drug-likeness (QED) is 0.898. The third-order valence-electron chi connectivity index (χ3n) is 3.52. The Labute approximate surface area is 143 Å². The van der Waals surface area contributed by atoms with Gasteiger partial charge in [0.15, 0.2) is 11.5 Å². The lowest BCUT2D eigenvalue weighted by atomic mass is 10.2. The number of nitrogens with one attached hydrogen (secondary N) is 1. The van der Waals surface area contributed by atoms with Crippen molar-refractivity contribution < 1.29 is 19.1 Å². The van der Waals surface area contributed by atoms with Crippen LogP contribution in [0.25, 0.3) is 0 Å². The molecular weight excluding hydrogens is 328 g/mol. The third kappa shape index (κ3) is 3.68. The number of thioether (sulfide) groups is 1. The van der Waals surface area contributed by atoms with Crippen molar-refractivity contribution >= 4 is 22.8 Å². The first kappa shape index (κ1) is 16.3. The lowest BCUT2D eigenvalue weighted by Gasteiger charge is -2.11. The van der Waals surface area contributed by atoms with E-state index < -0.39 is 6.04 Å². The van der Waals surface area contributed by atoms with Gasteiger partial charge in [0.2, 0.25) is 11.0 Å². The van der Waals surface area contributed by atoms with E-state index >= 15 is 0 Å². The second-order valence-corrected chi connectivity index (χ2v) is 6.22. The van der Waals surface area contributed by atoms with Gasteiger partial charge in [-0.05, 0) is 24.6 Å². The molecule has 0 unspecified atom stereocenters. The van der Waals surface area contributed by atoms with Crippen molar-refractivity contribution in [1.29, 1.82) is 0 Å². The number of carbonyl (C=O) groups excluding carboxylic acids is 2. The molecule has 1 fully saturated rings. The number of para-hydroxylation sites is 2. The van der Waals surface area contributed by atoms with E-state index in [0.29, 0.717) is 29.4 Å². The van der Waals surface area contributed by atoms with Crippen molar-refractivity contribution in [2.45, 2.75) is 12.5 Å². The van der Waals surface area contributed by atoms with Crippen LogP contribution in [-0.4, -0.2) is 34.9 Å². The molecule has 6 nitrogen and oxygen atoms in total. The minimum absolute atomic E-state index is 0.00688. The van der Waals surface area contributed by atoms with Crippen LogP contribution < -0.4 is 14.8 Å². The van der Waals surface area contributed by atoms with Crippen LogP contribution in [0, 0.1) is 0 Å². The number of methoxy groups -OCH3 is 1. The Kier molecular flexibility index (Phi) is 5.00. The smallest absolute Gasteiger partial charge is 0.253 e. The van der Waals surface area contributed by atoms with Gasteiger partial charge in [-0.2, -0.15) is 0 Å². The van der Waals surface area contributed by atoms with Gasteiger partial charge in [-0.3, -0.25) is 9.59 Å². The summed E-state index contributed by atoms with van der Waals surface area (Å²) in [6, 6.07) is 10.0. The third-order valence-corrected chi connectivity index (χ3v) is 4.53. The number of hydrogen-bond donors (Lipinski definition) is 1. The van der Waals surface area contributed by atoms with Crippen molar-refractivity contribution in [3.8, 4) is 17.4 Å². The van der Waals surface area contributed by atoms with Crippen molar-refractivity contribution in [3.63, 3.8) is 0 Å². The molecule has 2 heterocycles. The molecule has 124 valence electrons. The lowest BCUT2D eigenvalue weighted by molar-refractivity contribution is -0.112. The molecule has 1 aromatic heterocycles. The van der Waals surface area contributed by atoms with Gasteiger partial charge < -0.3 is 14.8 Å². The number of ether oxygens (including phenoxy) is 2. The van der Waals surface area contributed by atoms with Crippen molar-refractivity contribution in [2.75, 3.05) is 12.9 Å². The molecule has 1 aromatic carbocycles. The van der Waals surface area contributed by atoms with Gasteiger partial charge in [0.05, 0.1) is 18.7 Å². The van der Waals surface area contributed by atoms with Crippen LogP contribution in [0.2, 0.25) is 0 Å². The Morgan fingerprint density at radius 2 is 2.04 bits per heavy atom. The SMILES string of the molecule is COc1ccccc1Oc1ccc(C(=O)N[C@H]2CCSC2=O)cn1. The maximum atomic E-state index is 12.1. The molecule has 0 spiro atoms. The summed E-state index contributed by atoms with van der Waals surface area (Å²) in [4.78, 5) is 27.8. The average molecular weight is 344 g/mol. The highest BCUT2D eigenvalue weighted by Gasteiger charge is 2.27. The molecule has 1 N–H and O–H groups in total. The van der Waals surface area contributed by atoms with Crippen LogP contribution >= 0.6 is 11.8 Å². The number of benzene rings is 1. The Hall–Kier alpha value is -2.54. The number of rotatable bonds is 5. The lowest BCUT2D eigenvalue weighted by Crippen LogP contribution is -2.37. The van der Waals surface area contributed by atoms with Gasteiger partial charge in [0.25, 0.3) is 5.91 Å². The fraction of sp³-hybridized carbons (Fsp3) is 0.235. The van der Waals surface area contributed by atoms with Crippen molar-refractivity contribution in [1.82, 2.24) is 10.3 Å². The van der Waals surface area contributed by atoms with E-state index in [9.17, 15) is 9.59 Å². The Morgan fingerprint density at radius 3 is 2.67 bits per heavy atom. The number of nitrogens with zero attached hydrogens (tertiary/aromatic N) is 1. The first-order valence-electron chi connectivity index (χ1n) is 7.42. The molecule has 1 aliphatic rings. The maximum absolute atomic E-state index is 12.1. The summed E-state index contributed by atoms with van der Waals surface area (Å²) >= 11 is 1.25. The van der Waals surface area contributed by atoms with Gasteiger partial charge in [-0.15, -0.1) is 0 Å². The van der Waals surface area contributed by atoms with Gasteiger partial charge in [-0.1, -0.05) is 23.9 Å². The second kappa shape index (κ2) is 7.35. The highest BCUT2D eigenvalue weighted by atomic mass is 32.2. The normalized spacial score (nSPS) is 16.7. The van der Waals surface area contributed by atoms with Crippen LogP contribution in [0.5, 0.6) is 17.4 Å². The fourth-order valence-electron chi connectivity index (χ4n) is 2.26. The first-order chi connectivity index (χ1) is 11.7. The Balaban J connectivity index is 1.66. The maximum Gasteiger partial charge on any atom is 0.253 e. The molecule has 0 bridgehead atoms. The molecule has 2 aromatic rings. The van der Waals surface area contributed by atoms with E-state index in [1.807, 2.05) is 12.1 Å². The van der Waals surface area contributed by atoms with E-state index in [1.54, 1.807) is 31.4 Å². The number of hydrogen-bond acceptors (Lipinski definition) is 6. The zero-order valence-electron chi connectivity index (χ0n) is 13.0. The minimum Gasteiger partial charge on any atom is -0.493 e. The van der Waals surface area contributed by atoms with Crippen LogP contribution in [0.4, 0.5) is 0 Å². The van der Waals surface area contributed by atoms with Gasteiger partial charge in [0.1, 0.15) is 0 Å². The number of aromatic nitrogens is 1. The summed E-state index contributed by atoms with van der Waals surface area (Å²) in [6.07, 6.45) is 2.09. The van der Waals surface area contributed by atoms with E-state index in [4.69, 9.17) is 9.47 Å². The monoisotopic (exact) mass is 344 g/mol. The van der Waals surface area contributed by atoms with Crippen LogP contribution in [0.1, 0.15) is 16.8 Å². The van der Waals surface area contributed by atoms with Crippen LogP contribution in [0.15, 0.2) is 42.6 Å². The van der Waals surface area contributed by atoms with Crippen molar-refractivity contribution in [3.05, 3.63) is 48.2 Å². The highest BCUT2D eigenvalue weighted by molar-refractivity contribution is 8.14. The summed E-state index contributed by atoms with van der Waals surface area (Å²) in [6.45, 7) is 0. The van der Waals surface area contributed by atoms with Crippen LogP contribution in [0.3, 0.4) is 0 Å². The molecule has 0 aliphatic carbocycles. The summed E-state index contributed by atoms with van der Waals surface area (Å²) in [5.74, 6) is 1.92. The van der Waals surface area contributed by atoms with Gasteiger partial charge in [0, 0.05) is 18.0 Å². The topological polar surface area (TPSA) is 77.5 Å². The highest BCUT2D eigenvalue weighted by Crippen LogP contribution is 2.29. The number of amides is 1. The zero-order chi connectivity index (χ0) is 16.9. The van der Waals surface area contributed by atoms with E-state index in [1.165, 1.54) is 18.0 Å². The molecule has 1 aliphatic heterocycles. The predicted molar refractivity (Wildman–Crippen MR) is 90.6 cm³/mol. The molecule has 24 heavy (non-hydrogen) atoms. The largest absolute Gasteiger partial charge is 0.493 e. The van der Waals surface area contributed by atoms with Crippen molar-refractivity contribution in [2.24, 2.45) is 0 Å². The van der Waals surface area contributed by atoms with Gasteiger partial charge in [-0.25, -0.2) is 4.98 Å². The zero-order valence-corrected chi connectivity index (χ0v) is 13.8. The van der Waals surface area contributed by atoms with Crippen LogP contribution in [-0.2, 0) is 4.79 Å². The Morgan fingerprint density at radius 1 is 1.25 bits per heavy atom. The molecule has 7 heteroatoms. The summed E-state index contributed by atoms with van der Waals surface area (Å²) in [5, 5.41) is 2.73. The molecule has 0 radical (unpaired) electrons. The standard InChI is InChI=1S/C17H16N2O4S/c1-22-13-4-2-3-5-14(13)23-15-7-6-11(10-18-15)16(20)19-12-8-9-24-17(12)21/h2-7,10,12H,8-9H2,1H3,(H,19,20)/t12-/m0/s1. The summed E-state index contributed by atoms with van der Waals surface area (Å²) < 4.78 is 10.9. The number of carbonyl (C=O) groups is 2. The molecule has 1 amide bonds. The molecule has 1 atom stereocenters. The second-order valence-electron chi connectivity index (χ2n) is 5.12. The molecular formula is C17H16N2O4S. The first-order valence-corrected chi connectivity index (χ1v) is 8.40. The van der Waals surface area contributed by atoms with E-state index in [-0.39, 0.29) is 11.0 Å². The summed E-state index contributed by atoms with van der Waals surface area (Å²) in [7, 11) is 1.56. The summed E-state index contributed by atoms with van der Waals surface area (Å²) in [5.41, 5.74) is 0.382. The fourth-order valence-corrected chi connectivity index (χ4v) is 3.19.